The van der Waals surface area contributed by atoms with Gasteiger partial charge in [0.15, 0.2) is 5.11 Å². The van der Waals surface area contributed by atoms with E-state index in [9.17, 15) is 9.59 Å². The van der Waals surface area contributed by atoms with Gasteiger partial charge in [0.05, 0.1) is 18.2 Å². The van der Waals surface area contributed by atoms with Crippen molar-refractivity contribution in [3.05, 3.63) is 76.0 Å². The van der Waals surface area contributed by atoms with Gasteiger partial charge in [-0.2, -0.15) is 0 Å². The molecule has 8 heteroatoms. The van der Waals surface area contributed by atoms with Gasteiger partial charge in [0, 0.05) is 29.0 Å². The lowest BCUT2D eigenvalue weighted by Gasteiger charge is -2.35. The highest BCUT2D eigenvalue weighted by atomic mass is 35.5. The second-order valence-electron chi connectivity index (χ2n) is 8.02. The van der Waals surface area contributed by atoms with E-state index in [2.05, 4.69) is 10.6 Å². The standard InChI is InChI=1S/C24H26ClN3O3S/c1-14(2)13-31-23(30)20-15(3)28(4)24(32)27-21(20)16-7-6-10-19(12-16)26-22(29)17-8-5-9-18(25)11-17/h5-12,14,21H,13H2,1-4H3,(H,26,29)(H,27,32). The molecule has 0 fully saturated rings. The Balaban J connectivity index is 1.90. The number of rotatable bonds is 6. The van der Waals surface area contributed by atoms with Crippen LogP contribution in [0.1, 0.15) is 42.7 Å². The summed E-state index contributed by atoms with van der Waals surface area (Å²) in [6, 6.07) is 13.5. The van der Waals surface area contributed by atoms with E-state index in [0.29, 0.717) is 33.6 Å². The molecule has 2 aromatic rings. The normalized spacial score (nSPS) is 16.1. The number of amides is 1. The van der Waals surface area contributed by atoms with Crippen molar-refractivity contribution in [3.8, 4) is 0 Å². The molecular weight excluding hydrogens is 446 g/mol. The number of hydrogen-bond donors (Lipinski definition) is 2. The molecule has 0 saturated carbocycles. The fourth-order valence-electron chi connectivity index (χ4n) is 3.30. The quantitative estimate of drug-likeness (QED) is 0.460. The lowest BCUT2D eigenvalue weighted by molar-refractivity contribution is -0.140. The summed E-state index contributed by atoms with van der Waals surface area (Å²) in [4.78, 5) is 27.3. The number of thiocarbonyl (C=S) groups is 1. The molecule has 0 aliphatic carbocycles. The molecule has 0 radical (unpaired) electrons. The summed E-state index contributed by atoms with van der Waals surface area (Å²) in [5.41, 5.74) is 3.03. The van der Waals surface area contributed by atoms with Crippen LogP contribution in [0.25, 0.3) is 0 Å². The van der Waals surface area contributed by atoms with E-state index in [4.69, 9.17) is 28.6 Å². The lowest BCUT2D eigenvalue weighted by atomic mass is 9.94. The molecular formula is C24H26ClN3O3S. The SMILES string of the molecule is CC1=C(C(=O)OCC(C)C)C(c2cccc(NC(=O)c3cccc(Cl)c3)c2)NC(=S)N1C. The Morgan fingerprint density at radius 3 is 2.62 bits per heavy atom. The topological polar surface area (TPSA) is 70.7 Å². The van der Waals surface area contributed by atoms with Crippen molar-refractivity contribution >= 4 is 46.5 Å². The van der Waals surface area contributed by atoms with E-state index >= 15 is 0 Å². The number of halogens is 1. The number of carbonyl (C=O) groups is 2. The Bertz CT molecular complexity index is 1080. The summed E-state index contributed by atoms with van der Waals surface area (Å²) in [6.07, 6.45) is 0. The van der Waals surface area contributed by atoms with Gasteiger partial charge in [0.1, 0.15) is 0 Å². The second kappa shape index (κ2) is 10.1. The number of esters is 1. The molecule has 0 aromatic heterocycles. The number of benzene rings is 2. The van der Waals surface area contributed by atoms with Crippen LogP contribution in [0.5, 0.6) is 0 Å². The number of hydrogen-bond acceptors (Lipinski definition) is 4. The minimum Gasteiger partial charge on any atom is -0.462 e. The smallest absolute Gasteiger partial charge is 0.338 e. The molecule has 1 heterocycles. The summed E-state index contributed by atoms with van der Waals surface area (Å²) in [7, 11) is 1.80. The number of allylic oxidation sites excluding steroid dienone is 1. The van der Waals surface area contributed by atoms with Crippen molar-refractivity contribution in [2.45, 2.75) is 26.8 Å². The van der Waals surface area contributed by atoms with Crippen molar-refractivity contribution in [2.24, 2.45) is 5.92 Å². The van der Waals surface area contributed by atoms with E-state index in [0.717, 1.165) is 11.3 Å². The lowest BCUT2D eigenvalue weighted by Crippen LogP contribution is -2.46. The Morgan fingerprint density at radius 1 is 1.22 bits per heavy atom. The third-order valence-corrected chi connectivity index (χ3v) is 5.71. The maximum atomic E-state index is 13.0. The number of nitrogens with one attached hydrogen (secondary N) is 2. The third kappa shape index (κ3) is 5.47. The van der Waals surface area contributed by atoms with Crippen LogP contribution in [0.15, 0.2) is 59.8 Å². The van der Waals surface area contributed by atoms with Gasteiger partial charge in [-0.3, -0.25) is 4.79 Å². The summed E-state index contributed by atoms with van der Waals surface area (Å²) >= 11 is 11.4. The molecule has 0 spiro atoms. The zero-order valence-corrected chi connectivity index (χ0v) is 20.0. The molecule has 168 valence electrons. The first kappa shape index (κ1) is 23.8. The Labute approximate surface area is 198 Å². The fourth-order valence-corrected chi connectivity index (χ4v) is 3.74. The molecule has 32 heavy (non-hydrogen) atoms. The van der Waals surface area contributed by atoms with Gasteiger partial charge in [0.2, 0.25) is 0 Å². The predicted octanol–water partition coefficient (Wildman–Crippen LogP) is 4.93. The maximum absolute atomic E-state index is 13.0. The Morgan fingerprint density at radius 2 is 1.94 bits per heavy atom. The molecule has 2 N–H and O–H groups in total. The van der Waals surface area contributed by atoms with Gasteiger partial charge < -0.3 is 20.3 Å². The van der Waals surface area contributed by atoms with Crippen LogP contribution in [0.3, 0.4) is 0 Å². The van der Waals surface area contributed by atoms with Crippen molar-refractivity contribution in [1.29, 1.82) is 0 Å². The van der Waals surface area contributed by atoms with Gasteiger partial charge in [0.25, 0.3) is 5.91 Å². The average molecular weight is 472 g/mol. The number of carbonyl (C=O) groups excluding carboxylic acids is 2. The first-order chi connectivity index (χ1) is 15.2. The first-order valence-corrected chi connectivity index (χ1v) is 11.0. The summed E-state index contributed by atoms with van der Waals surface area (Å²) in [5, 5.41) is 7.09. The summed E-state index contributed by atoms with van der Waals surface area (Å²) in [5.74, 6) is -0.449. The molecule has 3 rings (SSSR count). The van der Waals surface area contributed by atoms with Gasteiger partial charge in [-0.05, 0) is 61.0 Å². The number of anilines is 1. The van der Waals surface area contributed by atoms with Crippen LogP contribution >= 0.6 is 23.8 Å². The van der Waals surface area contributed by atoms with Crippen LogP contribution < -0.4 is 10.6 Å². The maximum Gasteiger partial charge on any atom is 0.338 e. The van der Waals surface area contributed by atoms with Crippen LogP contribution in [-0.4, -0.2) is 35.5 Å². The Kier molecular flexibility index (Phi) is 7.53. The highest BCUT2D eigenvalue weighted by Crippen LogP contribution is 2.32. The van der Waals surface area contributed by atoms with Crippen molar-refractivity contribution in [2.75, 3.05) is 19.0 Å². The predicted molar refractivity (Wildman–Crippen MR) is 131 cm³/mol. The minimum atomic E-state index is -0.499. The average Bonchev–Trinajstić information content (AvgIpc) is 2.75. The molecule has 0 saturated heterocycles. The van der Waals surface area contributed by atoms with Crippen molar-refractivity contribution in [3.63, 3.8) is 0 Å². The number of nitrogens with zero attached hydrogens (tertiary/aromatic N) is 1. The van der Waals surface area contributed by atoms with Crippen molar-refractivity contribution in [1.82, 2.24) is 10.2 Å². The van der Waals surface area contributed by atoms with Crippen LogP contribution in [-0.2, 0) is 9.53 Å². The number of ether oxygens (including phenoxy) is 1. The molecule has 6 nitrogen and oxygen atoms in total. The largest absolute Gasteiger partial charge is 0.462 e. The van der Waals surface area contributed by atoms with Gasteiger partial charge >= 0.3 is 5.97 Å². The van der Waals surface area contributed by atoms with Crippen LogP contribution in [0.4, 0.5) is 5.69 Å². The molecule has 0 bridgehead atoms. The molecule has 1 amide bonds. The van der Waals surface area contributed by atoms with Gasteiger partial charge in [-0.1, -0.05) is 43.6 Å². The summed E-state index contributed by atoms with van der Waals surface area (Å²) < 4.78 is 5.52. The third-order valence-electron chi connectivity index (χ3n) is 5.09. The Hall–Kier alpha value is -2.90. The van der Waals surface area contributed by atoms with Gasteiger partial charge in [-0.25, -0.2) is 4.79 Å². The minimum absolute atomic E-state index is 0.221. The fraction of sp³-hybridized carbons (Fsp3) is 0.292. The van der Waals surface area contributed by atoms with E-state index in [1.54, 1.807) is 42.3 Å². The van der Waals surface area contributed by atoms with E-state index in [1.165, 1.54) is 0 Å². The monoisotopic (exact) mass is 471 g/mol. The summed E-state index contributed by atoms with van der Waals surface area (Å²) in [6.45, 7) is 6.14. The van der Waals surface area contributed by atoms with E-state index in [-0.39, 0.29) is 11.8 Å². The van der Waals surface area contributed by atoms with E-state index in [1.807, 2.05) is 39.0 Å². The van der Waals surface area contributed by atoms with Crippen LogP contribution in [0.2, 0.25) is 5.02 Å². The van der Waals surface area contributed by atoms with E-state index < -0.39 is 12.0 Å². The van der Waals surface area contributed by atoms with Crippen LogP contribution in [0, 0.1) is 5.92 Å². The zero-order chi connectivity index (χ0) is 23.4. The molecule has 1 aliphatic rings. The highest BCUT2D eigenvalue weighted by molar-refractivity contribution is 7.80. The molecule has 1 aliphatic heterocycles. The second-order valence-corrected chi connectivity index (χ2v) is 8.85. The molecule has 2 aromatic carbocycles. The molecule has 1 unspecified atom stereocenters. The first-order valence-electron chi connectivity index (χ1n) is 10.3. The van der Waals surface area contributed by atoms with Gasteiger partial charge in [-0.15, -0.1) is 0 Å². The van der Waals surface area contributed by atoms with Crippen molar-refractivity contribution < 1.29 is 14.3 Å². The zero-order valence-electron chi connectivity index (χ0n) is 18.4. The molecule has 1 atom stereocenters. The highest BCUT2D eigenvalue weighted by Gasteiger charge is 2.33.